The monoisotopic (exact) mass is 319 g/mol. The zero-order valence-corrected chi connectivity index (χ0v) is 13.3. The van der Waals surface area contributed by atoms with E-state index in [-0.39, 0.29) is 0 Å². The van der Waals surface area contributed by atoms with Crippen LogP contribution in [0.15, 0.2) is 79.1 Å². The summed E-state index contributed by atoms with van der Waals surface area (Å²) in [5, 5.41) is 4.70. The van der Waals surface area contributed by atoms with E-state index in [0.29, 0.717) is 0 Å². The number of aromatic nitrogens is 3. The first-order valence-electron chi connectivity index (χ1n) is 8.37. The predicted octanol–water partition coefficient (Wildman–Crippen LogP) is 5.29. The molecule has 3 aromatic heterocycles. The van der Waals surface area contributed by atoms with Crippen LogP contribution >= 0.6 is 0 Å². The second-order valence-corrected chi connectivity index (χ2v) is 6.35. The van der Waals surface area contributed by atoms with Crippen LogP contribution in [0.2, 0.25) is 0 Å². The van der Waals surface area contributed by atoms with Gasteiger partial charge in [0.1, 0.15) is 5.82 Å². The maximum absolute atomic E-state index is 5.05. The lowest BCUT2D eigenvalue weighted by atomic mass is 10.0. The molecule has 3 heterocycles. The molecule has 0 aliphatic carbocycles. The highest BCUT2D eigenvalue weighted by Crippen LogP contribution is 2.38. The molecule has 3 aromatic carbocycles. The topological polar surface area (TPSA) is 30.2 Å². The number of hydrogen-bond acceptors (Lipinski definition) is 2. The Bertz CT molecular complexity index is 1380. The fraction of sp³-hybridized carbons (Fsp3) is 0. The van der Waals surface area contributed by atoms with Crippen molar-refractivity contribution in [2.75, 3.05) is 0 Å². The minimum absolute atomic E-state index is 0.971. The van der Waals surface area contributed by atoms with Gasteiger partial charge in [-0.05, 0) is 17.5 Å². The van der Waals surface area contributed by atoms with Crippen molar-refractivity contribution in [1.82, 2.24) is 14.4 Å². The van der Waals surface area contributed by atoms with Gasteiger partial charge in [0.05, 0.1) is 16.6 Å². The Kier molecular flexibility index (Phi) is 2.35. The average molecular weight is 319 g/mol. The largest absolute Gasteiger partial charge is 0.298 e. The first-order chi connectivity index (χ1) is 12.4. The van der Waals surface area contributed by atoms with Gasteiger partial charge in [0.25, 0.3) is 0 Å². The van der Waals surface area contributed by atoms with Crippen LogP contribution in [0.5, 0.6) is 0 Å². The van der Waals surface area contributed by atoms with Gasteiger partial charge in [-0.3, -0.25) is 9.38 Å². The van der Waals surface area contributed by atoms with Crippen molar-refractivity contribution in [1.29, 1.82) is 0 Å². The van der Waals surface area contributed by atoms with E-state index in [0.717, 1.165) is 38.7 Å². The van der Waals surface area contributed by atoms with Gasteiger partial charge in [0, 0.05) is 34.1 Å². The van der Waals surface area contributed by atoms with E-state index in [9.17, 15) is 0 Å². The van der Waals surface area contributed by atoms with E-state index in [4.69, 9.17) is 9.97 Å². The molecular formula is C22H13N3. The van der Waals surface area contributed by atoms with Gasteiger partial charge in [0.2, 0.25) is 0 Å². The average Bonchev–Trinajstić information content (AvgIpc) is 3.09. The number of hydrogen-bond donors (Lipinski definition) is 0. The molecule has 0 saturated heterocycles. The molecule has 25 heavy (non-hydrogen) atoms. The molecule has 0 radical (unpaired) electrons. The third-order valence-electron chi connectivity index (χ3n) is 5.00. The van der Waals surface area contributed by atoms with Crippen molar-refractivity contribution in [3.8, 4) is 11.4 Å². The minimum Gasteiger partial charge on any atom is -0.298 e. The zero-order chi connectivity index (χ0) is 16.4. The minimum atomic E-state index is 0.971. The summed E-state index contributed by atoms with van der Waals surface area (Å²) < 4.78 is 2.20. The van der Waals surface area contributed by atoms with Gasteiger partial charge in [-0.2, -0.15) is 0 Å². The van der Waals surface area contributed by atoms with Gasteiger partial charge in [-0.25, -0.2) is 4.98 Å². The molecule has 116 valence electrons. The summed E-state index contributed by atoms with van der Waals surface area (Å²) in [6, 6.07) is 23.0. The van der Waals surface area contributed by atoms with E-state index < -0.39 is 0 Å². The highest BCUT2D eigenvalue weighted by atomic mass is 15.0. The van der Waals surface area contributed by atoms with Gasteiger partial charge < -0.3 is 0 Å². The van der Waals surface area contributed by atoms with Crippen molar-refractivity contribution in [3.05, 3.63) is 79.1 Å². The van der Waals surface area contributed by atoms with Crippen LogP contribution in [-0.4, -0.2) is 14.4 Å². The molecule has 6 rings (SSSR count). The van der Waals surface area contributed by atoms with Gasteiger partial charge in [-0.1, -0.05) is 54.6 Å². The summed E-state index contributed by atoms with van der Waals surface area (Å²) in [6.45, 7) is 0. The maximum atomic E-state index is 5.05. The molecule has 3 nitrogen and oxygen atoms in total. The van der Waals surface area contributed by atoms with Crippen LogP contribution in [0.4, 0.5) is 0 Å². The van der Waals surface area contributed by atoms with E-state index in [1.807, 2.05) is 12.3 Å². The third-order valence-corrected chi connectivity index (χ3v) is 5.00. The Balaban J connectivity index is 1.95. The van der Waals surface area contributed by atoms with Crippen LogP contribution in [0, 0.1) is 0 Å². The molecule has 0 atom stereocenters. The van der Waals surface area contributed by atoms with Crippen molar-refractivity contribution < 1.29 is 0 Å². The van der Waals surface area contributed by atoms with Crippen LogP contribution in [0.3, 0.4) is 0 Å². The number of rotatable bonds is 1. The van der Waals surface area contributed by atoms with E-state index >= 15 is 0 Å². The van der Waals surface area contributed by atoms with E-state index in [2.05, 4.69) is 71.3 Å². The molecule has 0 N–H and O–H groups in total. The highest BCUT2D eigenvalue weighted by molar-refractivity contribution is 6.27. The molecule has 0 amide bonds. The van der Waals surface area contributed by atoms with Crippen molar-refractivity contribution in [3.63, 3.8) is 0 Å². The fourth-order valence-electron chi connectivity index (χ4n) is 3.91. The predicted molar refractivity (Wildman–Crippen MR) is 102 cm³/mol. The Morgan fingerprint density at radius 3 is 2.32 bits per heavy atom. The smallest absolute Gasteiger partial charge is 0.145 e. The maximum Gasteiger partial charge on any atom is 0.145 e. The molecule has 0 aliphatic rings. The first-order valence-corrected chi connectivity index (χ1v) is 8.37. The molecule has 6 aromatic rings. The summed E-state index contributed by atoms with van der Waals surface area (Å²) in [5.74, 6) is 0.971. The van der Waals surface area contributed by atoms with Gasteiger partial charge in [-0.15, -0.1) is 0 Å². The Hall–Kier alpha value is -3.46. The molecular weight excluding hydrogens is 306 g/mol. The lowest BCUT2D eigenvalue weighted by Crippen LogP contribution is -1.92. The van der Waals surface area contributed by atoms with Crippen LogP contribution in [0.1, 0.15) is 0 Å². The van der Waals surface area contributed by atoms with E-state index in [1.54, 1.807) is 0 Å². The Morgan fingerprint density at radius 2 is 1.48 bits per heavy atom. The van der Waals surface area contributed by atoms with Crippen molar-refractivity contribution in [2.24, 2.45) is 0 Å². The lowest BCUT2D eigenvalue weighted by Gasteiger charge is -2.09. The Labute approximate surface area is 143 Å². The Morgan fingerprint density at radius 1 is 0.720 bits per heavy atom. The molecule has 0 saturated carbocycles. The highest BCUT2D eigenvalue weighted by Gasteiger charge is 2.19. The molecule has 0 spiro atoms. The van der Waals surface area contributed by atoms with Crippen LogP contribution in [-0.2, 0) is 0 Å². The summed E-state index contributed by atoms with van der Waals surface area (Å²) >= 11 is 0. The van der Waals surface area contributed by atoms with Gasteiger partial charge >= 0.3 is 0 Å². The molecule has 0 bridgehead atoms. The number of nitrogens with zero attached hydrogens (tertiary/aromatic N) is 3. The molecule has 0 unspecified atom stereocenters. The standard InChI is InChI=1S/C22H13N3/c1-2-6-15(7-3-1)22-24-20-17-9-5-4-8-16(17)19-18-14(10-12-23-19)11-13-25(22)21(18)20/h1-13H. The summed E-state index contributed by atoms with van der Waals surface area (Å²) in [5.41, 5.74) is 4.36. The summed E-state index contributed by atoms with van der Waals surface area (Å²) in [4.78, 5) is 9.75. The van der Waals surface area contributed by atoms with Crippen molar-refractivity contribution in [2.45, 2.75) is 0 Å². The normalized spacial score (nSPS) is 12.0. The fourth-order valence-corrected chi connectivity index (χ4v) is 3.91. The zero-order valence-electron chi connectivity index (χ0n) is 13.3. The van der Waals surface area contributed by atoms with Crippen LogP contribution in [0.25, 0.3) is 49.5 Å². The summed E-state index contributed by atoms with van der Waals surface area (Å²) in [7, 11) is 0. The number of fused-ring (bicyclic) bond motifs is 3. The third kappa shape index (κ3) is 1.59. The van der Waals surface area contributed by atoms with Crippen molar-refractivity contribution >= 4 is 38.1 Å². The SMILES string of the molecule is c1ccc(-c2nc3c4ccccc4c4nccc5ccn2c3c54)cc1. The number of pyridine rings is 2. The summed E-state index contributed by atoms with van der Waals surface area (Å²) in [6.07, 6.45) is 4.01. The molecule has 0 aliphatic heterocycles. The van der Waals surface area contributed by atoms with E-state index in [1.165, 1.54) is 10.8 Å². The lowest BCUT2D eigenvalue weighted by molar-refractivity contribution is 1.17. The first kappa shape index (κ1) is 12.9. The van der Waals surface area contributed by atoms with Crippen LogP contribution < -0.4 is 0 Å². The molecule has 0 fully saturated rings. The molecule has 3 heteroatoms. The van der Waals surface area contributed by atoms with Gasteiger partial charge in [0.15, 0.2) is 0 Å². The number of imidazole rings is 1. The quantitative estimate of drug-likeness (QED) is 0.304. The second-order valence-electron chi connectivity index (χ2n) is 6.35. The number of benzene rings is 3. The second kappa shape index (κ2) is 4.54.